The Hall–Kier alpha value is -7.18. The highest BCUT2D eigenvalue weighted by Gasteiger charge is 2.49. The summed E-state index contributed by atoms with van der Waals surface area (Å²) in [6, 6.07) is 11.1. The summed E-state index contributed by atoms with van der Waals surface area (Å²) < 4.78 is 163. The lowest BCUT2D eigenvalue weighted by Crippen LogP contribution is -2.28. The molecule has 2 aromatic heterocycles. The van der Waals surface area contributed by atoms with E-state index in [1.807, 2.05) is 0 Å². The molecule has 1 aliphatic rings. The molecule has 0 bridgehead atoms. The summed E-state index contributed by atoms with van der Waals surface area (Å²) in [5, 5.41) is 22.7. The van der Waals surface area contributed by atoms with E-state index in [0.717, 1.165) is 37.1 Å². The molecule has 2 heterocycles. The molecule has 0 saturated heterocycles. The van der Waals surface area contributed by atoms with Crippen molar-refractivity contribution in [2.24, 2.45) is 0 Å². The normalized spacial score (nSPS) is 13.3. The molecule has 25 heteroatoms. The molecule has 1 aliphatic carbocycles. The predicted octanol–water partition coefficient (Wildman–Crippen LogP) is 11.5. The summed E-state index contributed by atoms with van der Waals surface area (Å²) in [7, 11) is -6.34. The van der Waals surface area contributed by atoms with Gasteiger partial charge in [0.1, 0.15) is 33.8 Å². The largest absolute Gasteiger partial charge is 0.534 e. The molecule has 65 heavy (non-hydrogen) atoms. The monoisotopic (exact) mass is 946 g/mol. The van der Waals surface area contributed by atoms with E-state index < -0.39 is 94.6 Å². The van der Waals surface area contributed by atoms with Gasteiger partial charge in [0, 0.05) is 33.5 Å². The quantitative estimate of drug-likeness (QED) is 0.0296. The van der Waals surface area contributed by atoms with E-state index in [4.69, 9.17) is 18.3 Å². The van der Waals surface area contributed by atoms with Crippen LogP contribution in [0.25, 0.3) is 44.6 Å². The summed E-state index contributed by atoms with van der Waals surface area (Å²) in [6.45, 7) is 2.89. The summed E-state index contributed by atoms with van der Waals surface area (Å²) in [5.41, 5.74) is -9.42. The Morgan fingerprint density at radius 2 is 1.06 bits per heavy atom. The molecule has 0 amide bonds. The second-order valence-corrected chi connectivity index (χ2v) is 15.2. The summed E-state index contributed by atoms with van der Waals surface area (Å²) in [5.74, 6) is -3.63. The van der Waals surface area contributed by atoms with E-state index in [0.29, 0.717) is 35.2 Å². The van der Waals surface area contributed by atoms with Gasteiger partial charge in [-0.1, -0.05) is 24.3 Å². The van der Waals surface area contributed by atoms with Crippen molar-refractivity contribution in [1.29, 1.82) is 0 Å². The van der Waals surface area contributed by atoms with E-state index >= 15 is 0 Å². The highest BCUT2D eigenvalue weighted by atomic mass is 32.2. The van der Waals surface area contributed by atoms with Crippen molar-refractivity contribution in [3.05, 3.63) is 121 Å². The lowest BCUT2D eigenvalue weighted by molar-refractivity contribution is -0.385. The van der Waals surface area contributed by atoms with Crippen LogP contribution in [-0.2, 0) is 31.9 Å². The van der Waals surface area contributed by atoms with Gasteiger partial charge in [-0.25, -0.2) is 9.59 Å². The van der Waals surface area contributed by atoms with E-state index in [1.54, 1.807) is 13.0 Å². The Morgan fingerprint density at radius 1 is 0.662 bits per heavy atom. The van der Waals surface area contributed by atoms with Gasteiger partial charge in [0.05, 0.1) is 46.3 Å². The second-order valence-electron chi connectivity index (χ2n) is 13.7. The average molecular weight is 947 g/mol. The van der Waals surface area contributed by atoms with Crippen molar-refractivity contribution in [3.63, 3.8) is 0 Å². The van der Waals surface area contributed by atoms with Gasteiger partial charge in [-0.2, -0.15) is 47.9 Å². The maximum Gasteiger partial charge on any atom is 0.534 e. The van der Waals surface area contributed by atoms with Crippen molar-refractivity contribution >= 4 is 55.4 Å². The number of carbonyl (C=O) groups excluding carboxylic acids is 2. The molecule has 15 nitrogen and oxygen atoms in total. The molecule has 0 radical (unpaired) electrons. The van der Waals surface area contributed by atoms with Crippen LogP contribution in [0.15, 0.2) is 81.6 Å². The molecule has 7 rings (SSSR count). The van der Waals surface area contributed by atoms with Crippen molar-refractivity contribution in [1.82, 2.24) is 0 Å². The van der Waals surface area contributed by atoms with E-state index in [-0.39, 0.29) is 52.9 Å². The summed E-state index contributed by atoms with van der Waals surface area (Å²) >= 11 is 0. The smallest absolute Gasteiger partial charge is 0.462 e. The number of esters is 2. The maximum atomic E-state index is 12.9. The van der Waals surface area contributed by atoms with Gasteiger partial charge in [0.15, 0.2) is 0 Å². The van der Waals surface area contributed by atoms with Gasteiger partial charge < -0.3 is 22.5 Å². The third-order valence-corrected chi connectivity index (χ3v) is 10.4. The number of nitro benzene ring substituents is 2. The highest BCUT2D eigenvalue weighted by molar-refractivity contribution is 7.88. The number of carbonyl (C=O) groups is 2. The molecule has 0 aliphatic heterocycles. The maximum absolute atomic E-state index is 12.9. The average Bonchev–Trinajstić information content (AvgIpc) is 3.89. The number of fused-ring (bicyclic) bond motifs is 2. The topological polar surface area (TPSA) is 209 Å². The number of rotatable bonds is 11. The van der Waals surface area contributed by atoms with Gasteiger partial charge in [0.2, 0.25) is 5.75 Å². The fourth-order valence-corrected chi connectivity index (χ4v) is 6.82. The number of furan rings is 2. The molecule has 4 aromatic carbocycles. The Labute approximate surface area is 357 Å². The van der Waals surface area contributed by atoms with Crippen LogP contribution in [0.2, 0.25) is 0 Å². The SMILES string of the molecule is CCOC(=O)c1c(-c2ccc(C(F)(F)F)cc2)oc2cc([N+](=O)[O-])c(C3CC3)cc12.CCOC(=O)c1c(-c2ccc(C(F)(F)F)cc2)oc2cc([N+](=O)[O-])c(OS(=O)(=O)C(F)(F)F)cc12. The van der Waals surface area contributed by atoms with Crippen molar-refractivity contribution in [3.8, 4) is 28.4 Å². The zero-order valence-corrected chi connectivity index (χ0v) is 33.7. The van der Waals surface area contributed by atoms with Gasteiger partial charge >= 0.3 is 45.6 Å². The number of alkyl halides is 9. The second kappa shape index (κ2) is 17.4. The summed E-state index contributed by atoms with van der Waals surface area (Å²) in [6.07, 6.45) is -7.57. The zero-order valence-electron chi connectivity index (χ0n) is 32.8. The third kappa shape index (κ3) is 9.83. The minimum absolute atomic E-state index is 0.0134. The predicted molar refractivity (Wildman–Crippen MR) is 206 cm³/mol. The standard InChI is InChI=1S/C21H16F3NO5.C19H11F6NO8S/c1-2-29-20(26)18-15-9-14(11-3-4-11)16(25(27)28)10-17(15)30-19(18)12-5-7-13(8-6-12)21(22,23)24;1-2-32-17(27)15-11-7-14(34-35(30,31)19(23,24)25)12(26(28)29)8-13(11)33-16(15)9-3-5-10(6-4-9)18(20,21)22/h5-11H,2-4H2,1H3;3-8H,2H2,1H3. The van der Waals surface area contributed by atoms with Gasteiger partial charge in [-0.05, 0) is 62.9 Å². The number of benzene rings is 4. The minimum Gasteiger partial charge on any atom is -0.462 e. The number of nitro groups is 2. The first-order valence-electron chi connectivity index (χ1n) is 18.5. The fourth-order valence-electron chi connectivity index (χ4n) is 6.36. The molecule has 1 saturated carbocycles. The van der Waals surface area contributed by atoms with Gasteiger partial charge in [-0.3, -0.25) is 20.2 Å². The van der Waals surface area contributed by atoms with Crippen LogP contribution in [0.1, 0.15) is 70.0 Å². The van der Waals surface area contributed by atoms with Crippen molar-refractivity contribution < 1.29 is 89.9 Å². The molecular weight excluding hydrogens is 919 g/mol. The van der Waals surface area contributed by atoms with E-state index in [2.05, 4.69) is 4.18 Å². The van der Waals surface area contributed by atoms with Crippen LogP contribution >= 0.6 is 0 Å². The molecule has 1 fully saturated rings. The number of hydrogen-bond donors (Lipinski definition) is 0. The zero-order chi connectivity index (χ0) is 48.0. The Bertz CT molecular complexity index is 2950. The first-order chi connectivity index (χ1) is 30.3. The minimum atomic E-state index is -6.34. The Kier molecular flexibility index (Phi) is 12.7. The van der Waals surface area contributed by atoms with Crippen LogP contribution in [0.5, 0.6) is 5.75 Å². The van der Waals surface area contributed by atoms with E-state index in [9.17, 15) is 77.7 Å². The Balaban J connectivity index is 0.000000218. The first-order valence-corrected chi connectivity index (χ1v) is 19.9. The molecule has 6 aromatic rings. The van der Waals surface area contributed by atoms with Gasteiger partial charge in [0.25, 0.3) is 5.69 Å². The van der Waals surface area contributed by atoms with Crippen molar-refractivity contribution in [2.75, 3.05) is 13.2 Å². The number of nitrogens with zero attached hydrogens (tertiary/aromatic N) is 2. The van der Waals surface area contributed by atoms with Crippen LogP contribution < -0.4 is 4.18 Å². The number of hydrogen-bond acceptors (Lipinski definition) is 13. The summed E-state index contributed by atoms with van der Waals surface area (Å²) in [4.78, 5) is 46.3. The number of halogens is 9. The fraction of sp³-hybridized carbons (Fsp3) is 0.250. The highest BCUT2D eigenvalue weighted by Crippen LogP contribution is 2.48. The van der Waals surface area contributed by atoms with Crippen LogP contribution in [0.3, 0.4) is 0 Å². The molecule has 0 spiro atoms. The molecule has 0 unspecified atom stereocenters. The van der Waals surface area contributed by atoms with Crippen LogP contribution in [0.4, 0.5) is 50.9 Å². The molecule has 344 valence electrons. The lowest BCUT2D eigenvalue weighted by atomic mass is 10.0. The van der Waals surface area contributed by atoms with Crippen molar-refractivity contribution in [2.45, 2.75) is 50.5 Å². The molecular formula is C40H27F9N2O13S. The lowest BCUT2D eigenvalue weighted by Gasteiger charge is -2.10. The Morgan fingerprint density at radius 3 is 1.42 bits per heavy atom. The van der Waals surface area contributed by atoms with Crippen LogP contribution in [-0.4, -0.2) is 48.9 Å². The molecule has 0 N–H and O–H groups in total. The van der Waals surface area contributed by atoms with Crippen LogP contribution in [0, 0.1) is 20.2 Å². The number of ether oxygens (including phenoxy) is 2. The first kappa shape index (κ1) is 47.3. The van der Waals surface area contributed by atoms with Gasteiger partial charge in [-0.15, -0.1) is 0 Å². The van der Waals surface area contributed by atoms with E-state index in [1.165, 1.54) is 25.1 Å². The third-order valence-electron chi connectivity index (χ3n) is 9.41. The molecule has 0 atom stereocenters.